The molecule has 8 nitrogen and oxygen atoms in total. The number of carbonyl (C=O) groups is 2. The number of hydrogen-bond acceptors (Lipinski definition) is 5. The van der Waals surface area contributed by atoms with Crippen LogP contribution in [0.1, 0.15) is 18.4 Å². The molecule has 1 heterocycles. The summed E-state index contributed by atoms with van der Waals surface area (Å²) in [6, 6.07) is 8.26. The van der Waals surface area contributed by atoms with Crippen molar-refractivity contribution in [2.45, 2.75) is 25.3 Å². The molecule has 1 fully saturated rings. The first kappa shape index (κ1) is 27.2. The Hall–Kier alpha value is -4.35. The summed E-state index contributed by atoms with van der Waals surface area (Å²) in [6.45, 7) is 0.486. The number of amides is 2. The van der Waals surface area contributed by atoms with E-state index in [1.807, 2.05) is 0 Å². The van der Waals surface area contributed by atoms with Gasteiger partial charge in [0, 0.05) is 25.2 Å². The van der Waals surface area contributed by atoms with Crippen molar-refractivity contribution in [1.82, 2.24) is 4.90 Å². The van der Waals surface area contributed by atoms with Crippen molar-refractivity contribution >= 4 is 23.3 Å². The molecule has 0 saturated carbocycles. The Morgan fingerprint density at radius 3 is 2.41 bits per heavy atom. The fourth-order valence-corrected chi connectivity index (χ4v) is 3.71. The van der Waals surface area contributed by atoms with Crippen molar-refractivity contribution in [2.24, 2.45) is 22.2 Å². The Morgan fingerprint density at radius 1 is 1.08 bits per heavy atom. The van der Waals surface area contributed by atoms with Crippen LogP contribution in [-0.2, 0) is 9.59 Å². The Bertz CT molecular complexity index is 1250. The molecule has 2 amide bonds. The van der Waals surface area contributed by atoms with Gasteiger partial charge in [-0.15, -0.1) is 0 Å². The first-order valence-electron chi connectivity index (χ1n) is 11.2. The summed E-state index contributed by atoms with van der Waals surface area (Å²) in [5.74, 6) is -3.33. The Labute approximate surface area is 210 Å². The molecule has 6 N–H and O–H groups in total. The number of nitrogens with two attached hydrogens (primary N) is 3. The highest BCUT2D eigenvalue weighted by Gasteiger charge is 2.24. The molecule has 37 heavy (non-hydrogen) atoms. The van der Waals surface area contributed by atoms with E-state index in [4.69, 9.17) is 21.9 Å². The first-order chi connectivity index (χ1) is 17.5. The lowest BCUT2D eigenvalue weighted by molar-refractivity contribution is -0.127. The van der Waals surface area contributed by atoms with Crippen molar-refractivity contribution in [3.8, 4) is 11.5 Å². The molecule has 0 aromatic heterocycles. The minimum Gasteiger partial charge on any atom is -0.454 e. The number of amidine groups is 1. The standard InChI is InChI=1S/C25H25F4N5O3/c26-15-5-8-19(18(27)12-15)37-17-6-3-14(4-7-17)23(30)22(25(32)36)24(31)33-16-2-1-11-34(13-16)21(35)10-9-20(28)29/h3-10,12,16,20H,1-2,11,13,30H2,(H2,31,33)(H2,32,36)/b10-9+,23-22?/t16-/m1/s1. The lowest BCUT2D eigenvalue weighted by Gasteiger charge is -2.30. The number of halogens is 4. The Morgan fingerprint density at radius 2 is 1.78 bits per heavy atom. The minimum absolute atomic E-state index is 0.0723. The molecule has 0 unspecified atom stereocenters. The molecule has 1 aliphatic heterocycles. The van der Waals surface area contributed by atoms with Crippen LogP contribution in [0.3, 0.4) is 0 Å². The largest absolute Gasteiger partial charge is 0.454 e. The van der Waals surface area contributed by atoms with Crippen molar-refractivity contribution in [1.29, 1.82) is 0 Å². The van der Waals surface area contributed by atoms with E-state index in [0.29, 0.717) is 37.1 Å². The van der Waals surface area contributed by atoms with Gasteiger partial charge in [0.15, 0.2) is 11.6 Å². The molecular formula is C25H25F4N5O3. The normalized spacial score (nSPS) is 17.2. The van der Waals surface area contributed by atoms with Gasteiger partial charge in [-0.05, 0) is 60.9 Å². The highest BCUT2D eigenvalue weighted by molar-refractivity contribution is 6.24. The molecule has 196 valence electrons. The lowest BCUT2D eigenvalue weighted by Crippen LogP contribution is -2.42. The van der Waals surface area contributed by atoms with E-state index in [9.17, 15) is 27.2 Å². The average Bonchev–Trinajstić information content (AvgIpc) is 2.84. The number of aliphatic imine (C=N–C) groups is 1. The average molecular weight is 519 g/mol. The predicted octanol–water partition coefficient (Wildman–Crippen LogP) is 3.08. The second-order valence-corrected chi connectivity index (χ2v) is 8.14. The van der Waals surface area contributed by atoms with Gasteiger partial charge in [0.25, 0.3) is 12.3 Å². The van der Waals surface area contributed by atoms with Crippen LogP contribution in [0.15, 0.2) is 65.2 Å². The molecule has 2 aromatic carbocycles. The van der Waals surface area contributed by atoms with E-state index in [2.05, 4.69) is 4.99 Å². The summed E-state index contributed by atoms with van der Waals surface area (Å²) in [5, 5.41) is 0. The zero-order chi connectivity index (χ0) is 27.1. The fraction of sp³-hybridized carbons (Fsp3) is 0.240. The van der Waals surface area contributed by atoms with Crippen molar-refractivity contribution in [2.75, 3.05) is 13.1 Å². The van der Waals surface area contributed by atoms with Crippen LogP contribution in [0.4, 0.5) is 17.6 Å². The molecule has 0 radical (unpaired) electrons. The Kier molecular flexibility index (Phi) is 8.88. The van der Waals surface area contributed by atoms with Gasteiger partial charge >= 0.3 is 0 Å². The van der Waals surface area contributed by atoms with Crippen LogP contribution >= 0.6 is 0 Å². The summed E-state index contributed by atoms with van der Waals surface area (Å²) in [7, 11) is 0. The molecule has 12 heteroatoms. The monoisotopic (exact) mass is 519 g/mol. The van der Waals surface area contributed by atoms with E-state index in [1.54, 1.807) is 0 Å². The van der Waals surface area contributed by atoms with Crippen LogP contribution in [0, 0.1) is 11.6 Å². The highest BCUT2D eigenvalue weighted by atomic mass is 19.3. The highest BCUT2D eigenvalue weighted by Crippen LogP contribution is 2.26. The predicted molar refractivity (Wildman–Crippen MR) is 130 cm³/mol. The van der Waals surface area contributed by atoms with Gasteiger partial charge in [0.2, 0.25) is 5.91 Å². The van der Waals surface area contributed by atoms with E-state index in [1.165, 1.54) is 29.2 Å². The van der Waals surface area contributed by atoms with E-state index < -0.39 is 35.9 Å². The van der Waals surface area contributed by atoms with Crippen LogP contribution in [0.2, 0.25) is 0 Å². The summed E-state index contributed by atoms with van der Waals surface area (Å²) >= 11 is 0. The maximum absolute atomic E-state index is 13.8. The zero-order valence-electron chi connectivity index (χ0n) is 19.5. The van der Waals surface area contributed by atoms with Crippen molar-refractivity contribution in [3.05, 3.63) is 77.4 Å². The van der Waals surface area contributed by atoms with Gasteiger partial charge in [-0.1, -0.05) is 0 Å². The topological polar surface area (TPSA) is 137 Å². The van der Waals surface area contributed by atoms with Crippen LogP contribution in [0.5, 0.6) is 11.5 Å². The molecular weight excluding hydrogens is 494 g/mol. The number of hydrogen-bond donors (Lipinski definition) is 3. The number of alkyl halides is 2. The molecule has 1 saturated heterocycles. The van der Waals surface area contributed by atoms with Gasteiger partial charge in [-0.3, -0.25) is 14.6 Å². The third-order valence-electron chi connectivity index (χ3n) is 5.47. The molecule has 3 rings (SSSR count). The number of likely N-dealkylation sites (tertiary alicyclic amines) is 1. The van der Waals surface area contributed by atoms with Crippen molar-refractivity contribution < 1.29 is 31.9 Å². The number of benzene rings is 2. The molecule has 0 aliphatic carbocycles. The van der Waals surface area contributed by atoms with E-state index in [0.717, 1.165) is 18.2 Å². The third kappa shape index (κ3) is 7.32. The number of primary amides is 1. The van der Waals surface area contributed by atoms with E-state index in [-0.39, 0.29) is 35.1 Å². The van der Waals surface area contributed by atoms with Gasteiger partial charge < -0.3 is 26.8 Å². The third-order valence-corrected chi connectivity index (χ3v) is 5.47. The number of ether oxygens (including phenoxy) is 1. The van der Waals surface area contributed by atoms with Crippen LogP contribution in [0.25, 0.3) is 5.70 Å². The smallest absolute Gasteiger partial charge is 0.257 e. The molecule has 1 atom stereocenters. The SMILES string of the molecule is NC(=O)C(C(N)=N[C@@H]1CCCN(C(=O)/C=C/C(F)F)C1)=C(N)c1ccc(Oc2ccc(F)cc2F)cc1. The summed E-state index contributed by atoms with van der Waals surface area (Å²) < 4.78 is 57.0. The Balaban J connectivity index is 1.79. The molecule has 0 bridgehead atoms. The van der Waals surface area contributed by atoms with Crippen molar-refractivity contribution in [3.63, 3.8) is 0 Å². The number of allylic oxidation sites excluding steroid dienone is 1. The maximum atomic E-state index is 13.8. The van der Waals surface area contributed by atoms with Gasteiger partial charge in [0.1, 0.15) is 23.0 Å². The zero-order valence-corrected chi connectivity index (χ0v) is 19.5. The van der Waals surface area contributed by atoms with Gasteiger partial charge in [-0.2, -0.15) is 0 Å². The maximum Gasteiger partial charge on any atom is 0.257 e. The number of nitrogens with zero attached hydrogens (tertiary/aromatic N) is 2. The van der Waals surface area contributed by atoms with Gasteiger partial charge in [0.05, 0.1) is 11.7 Å². The number of rotatable bonds is 8. The molecule has 2 aromatic rings. The second-order valence-electron chi connectivity index (χ2n) is 8.14. The minimum atomic E-state index is -2.74. The molecule has 0 spiro atoms. The van der Waals surface area contributed by atoms with Crippen LogP contribution in [-0.4, -0.2) is 48.1 Å². The number of carbonyl (C=O) groups excluding carboxylic acids is 2. The second kappa shape index (κ2) is 12.1. The van der Waals surface area contributed by atoms with Crippen LogP contribution < -0.4 is 21.9 Å². The summed E-state index contributed by atoms with van der Waals surface area (Å²) in [6.07, 6.45) is -0.332. The first-order valence-corrected chi connectivity index (χ1v) is 11.2. The lowest BCUT2D eigenvalue weighted by atomic mass is 10.0. The summed E-state index contributed by atoms with van der Waals surface area (Å²) in [5.41, 5.74) is 17.8. The summed E-state index contributed by atoms with van der Waals surface area (Å²) in [4.78, 5) is 30.0. The number of piperidine rings is 1. The van der Waals surface area contributed by atoms with Gasteiger partial charge in [-0.25, -0.2) is 17.6 Å². The quantitative estimate of drug-likeness (QED) is 0.213. The molecule has 1 aliphatic rings. The fourth-order valence-electron chi connectivity index (χ4n) is 3.71. The van der Waals surface area contributed by atoms with E-state index >= 15 is 0 Å².